The van der Waals surface area contributed by atoms with Crippen molar-refractivity contribution in [2.45, 2.75) is 6.92 Å². The van der Waals surface area contributed by atoms with Crippen LogP contribution in [0.2, 0.25) is 0 Å². The number of carbonyl (C=O) groups excluding carboxylic acids is 1. The maximum atomic E-state index is 11.7. The van der Waals surface area contributed by atoms with E-state index in [-0.39, 0.29) is 5.91 Å². The van der Waals surface area contributed by atoms with Crippen LogP contribution < -0.4 is 5.43 Å². The van der Waals surface area contributed by atoms with Gasteiger partial charge in [0.1, 0.15) is 0 Å². The van der Waals surface area contributed by atoms with Crippen LogP contribution in [0.5, 0.6) is 0 Å². The second-order valence-corrected chi connectivity index (χ2v) is 4.40. The van der Waals surface area contributed by atoms with Gasteiger partial charge in [-0.25, -0.2) is 5.43 Å². The highest BCUT2D eigenvalue weighted by molar-refractivity contribution is 7.08. The van der Waals surface area contributed by atoms with Gasteiger partial charge in [0, 0.05) is 11.1 Å². The van der Waals surface area contributed by atoms with E-state index in [1.165, 1.54) is 0 Å². The van der Waals surface area contributed by atoms with Crippen molar-refractivity contribution < 1.29 is 4.79 Å². The molecule has 0 spiro atoms. The average molecular weight is 244 g/mol. The molecule has 3 nitrogen and oxygen atoms in total. The summed E-state index contributed by atoms with van der Waals surface area (Å²) in [6.45, 7) is 1.98. The number of hydrazone groups is 1. The Kier molecular flexibility index (Phi) is 3.67. The number of hydrogen-bond acceptors (Lipinski definition) is 3. The first-order valence-electron chi connectivity index (χ1n) is 5.18. The summed E-state index contributed by atoms with van der Waals surface area (Å²) in [5.41, 5.74) is 5.21. The number of hydrogen-bond donors (Lipinski definition) is 1. The van der Waals surface area contributed by atoms with E-state index in [1.807, 2.05) is 35.9 Å². The predicted octanol–water partition coefficient (Wildman–Crippen LogP) is 2.82. The van der Waals surface area contributed by atoms with Crippen molar-refractivity contribution in [2.75, 3.05) is 0 Å². The van der Waals surface area contributed by atoms with Crippen LogP contribution >= 0.6 is 11.3 Å². The van der Waals surface area contributed by atoms with Crippen LogP contribution in [-0.4, -0.2) is 12.1 Å². The third-order valence-corrected chi connectivity index (χ3v) is 2.94. The predicted molar refractivity (Wildman–Crippen MR) is 70.6 cm³/mol. The maximum Gasteiger partial charge on any atom is 0.271 e. The average Bonchev–Trinajstić information content (AvgIpc) is 2.83. The van der Waals surface area contributed by atoms with Crippen LogP contribution in [0, 0.1) is 6.92 Å². The molecule has 1 N–H and O–H groups in total. The largest absolute Gasteiger partial charge is 0.271 e. The van der Waals surface area contributed by atoms with Crippen LogP contribution in [-0.2, 0) is 0 Å². The summed E-state index contributed by atoms with van der Waals surface area (Å²) in [7, 11) is 0. The molecule has 0 aliphatic carbocycles. The standard InChI is InChI=1S/C13H12N2OS/c1-10-2-4-12(5-3-10)13(16)15-14-8-11-6-7-17-9-11/h2-9H,1H3,(H,15,16). The quantitative estimate of drug-likeness (QED) is 0.654. The van der Waals surface area contributed by atoms with Gasteiger partial charge in [0.25, 0.3) is 5.91 Å². The third-order valence-electron chi connectivity index (χ3n) is 2.24. The number of nitrogens with zero attached hydrogens (tertiary/aromatic N) is 1. The first-order valence-corrected chi connectivity index (χ1v) is 6.12. The van der Waals surface area contributed by atoms with E-state index in [9.17, 15) is 4.79 Å². The molecule has 0 radical (unpaired) electrons. The maximum absolute atomic E-state index is 11.7. The summed E-state index contributed by atoms with van der Waals surface area (Å²) in [6.07, 6.45) is 1.63. The SMILES string of the molecule is Cc1ccc(C(=O)NN=Cc2ccsc2)cc1. The Bertz CT molecular complexity index is 515. The highest BCUT2D eigenvalue weighted by atomic mass is 32.1. The molecule has 2 aromatic rings. The van der Waals surface area contributed by atoms with Gasteiger partial charge in [0.05, 0.1) is 6.21 Å². The molecule has 4 heteroatoms. The number of carbonyl (C=O) groups is 1. The molecule has 17 heavy (non-hydrogen) atoms. The van der Waals surface area contributed by atoms with Gasteiger partial charge in [-0.05, 0) is 35.9 Å². The van der Waals surface area contributed by atoms with E-state index < -0.39 is 0 Å². The number of thiophene rings is 1. The second kappa shape index (κ2) is 5.41. The van der Waals surface area contributed by atoms with Crippen molar-refractivity contribution in [2.24, 2.45) is 5.10 Å². The zero-order valence-corrected chi connectivity index (χ0v) is 10.2. The minimum absolute atomic E-state index is 0.198. The van der Waals surface area contributed by atoms with Crippen molar-refractivity contribution in [3.63, 3.8) is 0 Å². The van der Waals surface area contributed by atoms with Gasteiger partial charge < -0.3 is 0 Å². The molecule has 0 fully saturated rings. The Morgan fingerprint density at radius 1 is 1.29 bits per heavy atom. The van der Waals surface area contributed by atoms with Crippen molar-refractivity contribution in [3.05, 3.63) is 57.8 Å². The topological polar surface area (TPSA) is 41.5 Å². The van der Waals surface area contributed by atoms with Crippen LogP contribution in [0.3, 0.4) is 0 Å². The first-order chi connectivity index (χ1) is 8.25. The van der Waals surface area contributed by atoms with Gasteiger partial charge in [-0.1, -0.05) is 17.7 Å². The molecular weight excluding hydrogens is 232 g/mol. The van der Waals surface area contributed by atoms with Gasteiger partial charge in [-0.2, -0.15) is 16.4 Å². The molecule has 0 aliphatic heterocycles. The molecule has 1 amide bonds. The minimum Gasteiger partial charge on any atom is -0.267 e. The van der Waals surface area contributed by atoms with Gasteiger partial charge >= 0.3 is 0 Å². The monoisotopic (exact) mass is 244 g/mol. The fraction of sp³-hybridized carbons (Fsp3) is 0.0769. The minimum atomic E-state index is -0.198. The Labute approximate surface area is 104 Å². The Morgan fingerprint density at radius 3 is 2.71 bits per heavy atom. The van der Waals surface area contributed by atoms with Gasteiger partial charge in [-0.15, -0.1) is 0 Å². The van der Waals surface area contributed by atoms with Crippen molar-refractivity contribution in [1.82, 2.24) is 5.43 Å². The molecule has 0 atom stereocenters. The van der Waals surface area contributed by atoms with Gasteiger partial charge in [0.15, 0.2) is 0 Å². The smallest absolute Gasteiger partial charge is 0.267 e. The van der Waals surface area contributed by atoms with E-state index in [2.05, 4.69) is 10.5 Å². The fourth-order valence-corrected chi connectivity index (χ4v) is 1.89. The van der Waals surface area contributed by atoms with Crippen molar-refractivity contribution in [3.8, 4) is 0 Å². The molecular formula is C13H12N2OS. The summed E-state index contributed by atoms with van der Waals surface area (Å²) < 4.78 is 0. The molecule has 2 rings (SSSR count). The van der Waals surface area contributed by atoms with Crippen LogP contribution in [0.15, 0.2) is 46.2 Å². The summed E-state index contributed by atoms with van der Waals surface area (Å²) in [5.74, 6) is -0.198. The Morgan fingerprint density at radius 2 is 2.06 bits per heavy atom. The van der Waals surface area contributed by atoms with E-state index in [0.29, 0.717) is 5.56 Å². The summed E-state index contributed by atoms with van der Waals surface area (Å²) >= 11 is 1.59. The van der Waals surface area contributed by atoms with Crippen LogP contribution in [0.25, 0.3) is 0 Å². The van der Waals surface area contributed by atoms with Crippen LogP contribution in [0.1, 0.15) is 21.5 Å². The zero-order valence-electron chi connectivity index (χ0n) is 9.38. The van der Waals surface area contributed by atoms with E-state index in [1.54, 1.807) is 29.7 Å². The van der Waals surface area contributed by atoms with Crippen LogP contribution in [0.4, 0.5) is 0 Å². The van der Waals surface area contributed by atoms with Crippen molar-refractivity contribution >= 4 is 23.5 Å². The lowest BCUT2D eigenvalue weighted by molar-refractivity contribution is 0.0955. The Hall–Kier alpha value is -1.94. The van der Waals surface area contributed by atoms with E-state index >= 15 is 0 Å². The third kappa shape index (κ3) is 3.26. The molecule has 0 unspecified atom stereocenters. The molecule has 1 heterocycles. The lowest BCUT2D eigenvalue weighted by Crippen LogP contribution is -2.17. The highest BCUT2D eigenvalue weighted by Crippen LogP contribution is 2.03. The summed E-state index contributed by atoms with van der Waals surface area (Å²) in [4.78, 5) is 11.7. The summed E-state index contributed by atoms with van der Waals surface area (Å²) in [6, 6.07) is 9.30. The zero-order chi connectivity index (χ0) is 12.1. The lowest BCUT2D eigenvalue weighted by atomic mass is 10.1. The lowest BCUT2D eigenvalue weighted by Gasteiger charge is -1.99. The number of benzene rings is 1. The molecule has 0 saturated heterocycles. The molecule has 1 aromatic heterocycles. The number of nitrogens with one attached hydrogen (secondary N) is 1. The fourth-order valence-electron chi connectivity index (χ4n) is 1.28. The highest BCUT2D eigenvalue weighted by Gasteiger charge is 2.02. The number of amides is 1. The normalized spacial score (nSPS) is 10.6. The molecule has 0 aliphatic rings. The van der Waals surface area contributed by atoms with Gasteiger partial charge in [-0.3, -0.25) is 4.79 Å². The Balaban J connectivity index is 1.96. The van der Waals surface area contributed by atoms with E-state index in [4.69, 9.17) is 0 Å². The van der Waals surface area contributed by atoms with E-state index in [0.717, 1.165) is 11.1 Å². The molecule has 0 saturated carbocycles. The summed E-state index contributed by atoms with van der Waals surface area (Å²) in [5, 5.41) is 7.82. The van der Waals surface area contributed by atoms with Crippen molar-refractivity contribution in [1.29, 1.82) is 0 Å². The molecule has 0 bridgehead atoms. The number of rotatable bonds is 3. The molecule has 1 aromatic carbocycles. The second-order valence-electron chi connectivity index (χ2n) is 3.62. The van der Waals surface area contributed by atoms with Gasteiger partial charge in [0.2, 0.25) is 0 Å². The molecule has 86 valence electrons. The first kappa shape index (κ1) is 11.5. The number of aryl methyl sites for hydroxylation is 1.